The molecular weight excluding hydrogens is 180 g/mol. The molecule has 2 aliphatic rings. The molecular formula is C11H12OS. The number of carbonyl (C=O) groups excluding carboxylic acids is 1. The lowest BCUT2D eigenvalue weighted by Crippen LogP contribution is -2.12. The quantitative estimate of drug-likeness (QED) is 0.668. The summed E-state index contributed by atoms with van der Waals surface area (Å²) in [5.41, 5.74) is 2.91. The van der Waals surface area contributed by atoms with Gasteiger partial charge in [0.25, 0.3) is 0 Å². The second-order valence-electron chi connectivity index (χ2n) is 4.08. The van der Waals surface area contributed by atoms with Crippen molar-refractivity contribution in [1.29, 1.82) is 0 Å². The maximum atomic E-state index is 11.3. The maximum Gasteiger partial charge on any atom is 0.137 e. The highest BCUT2D eigenvalue weighted by Gasteiger charge is 2.30. The van der Waals surface area contributed by atoms with Gasteiger partial charge in [0, 0.05) is 17.7 Å². The van der Waals surface area contributed by atoms with E-state index in [0.717, 1.165) is 25.2 Å². The third-order valence-electron chi connectivity index (χ3n) is 3.04. The zero-order valence-electron chi connectivity index (χ0n) is 7.51. The van der Waals surface area contributed by atoms with E-state index < -0.39 is 0 Å². The van der Waals surface area contributed by atoms with E-state index in [2.05, 4.69) is 5.38 Å². The van der Waals surface area contributed by atoms with Crippen molar-refractivity contribution < 1.29 is 4.79 Å². The SMILES string of the molecule is O=C1CCc2scc(C3CC3)c2C1. The minimum atomic E-state index is 0.438. The average Bonchev–Trinajstić information content (AvgIpc) is 2.87. The van der Waals surface area contributed by atoms with Gasteiger partial charge in [-0.05, 0) is 41.7 Å². The highest BCUT2D eigenvalue weighted by molar-refractivity contribution is 7.10. The molecule has 1 aromatic heterocycles. The monoisotopic (exact) mass is 192 g/mol. The Bertz CT molecular complexity index is 360. The molecule has 0 N–H and O–H groups in total. The zero-order chi connectivity index (χ0) is 8.84. The maximum absolute atomic E-state index is 11.3. The molecule has 0 aliphatic heterocycles. The summed E-state index contributed by atoms with van der Waals surface area (Å²) in [6.45, 7) is 0. The predicted molar refractivity (Wildman–Crippen MR) is 53.3 cm³/mol. The van der Waals surface area contributed by atoms with E-state index in [4.69, 9.17) is 0 Å². The first-order valence-corrected chi connectivity index (χ1v) is 5.83. The Morgan fingerprint density at radius 1 is 1.31 bits per heavy atom. The standard InChI is InChI=1S/C11H12OS/c12-8-3-4-11-9(5-8)10(6-13-11)7-1-2-7/h6-7H,1-5H2. The highest BCUT2D eigenvalue weighted by Crippen LogP contribution is 2.45. The van der Waals surface area contributed by atoms with Gasteiger partial charge in [-0.15, -0.1) is 11.3 Å². The Labute approximate surface area is 81.8 Å². The van der Waals surface area contributed by atoms with Crippen LogP contribution in [0.15, 0.2) is 5.38 Å². The molecule has 1 saturated carbocycles. The number of thiophene rings is 1. The van der Waals surface area contributed by atoms with Gasteiger partial charge in [0.2, 0.25) is 0 Å². The first-order chi connectivity index (χ1) is 6.34. The minimum absolute atomic E-state index is 0.438. The molecule has 1 aromatic rings. The molecule has 3 rings (SSSR count). The molecule has 0 saturated heterocycles. The summed E-state index contributed by atoms with van der Waals surface area (Å²) in [6.07, 6.45) is 5.20. The molecule has 0 aromatic carbocycles. The molecule has 0 radical (unpaired) electrons. The van der Waals surface area contributed by atoms with Crippen LogP contribution in [0.25, 0.3) is 0 Å². The van der Waals surface area contributed by atoms with Crippen molar-refractivity contribution in [2.24, 2.45) is 0 Å². The summed E-state index contributed by atoms with van der Waals surface area (Å²) in [7, 11) is 0. The fraction of sp³-hybridized carbons (Fsp3) is 0.545. The molecule has 2 heteroatoms. The van der Waals surface area contributed by atoms with Crippen molar-refractivity contribution in [2.75, 3.05) is 0 Å². The van der Waals surface area contributed by atoms with Crippen LogP contribution in [0.4, 0.5) is 0 Å². The van der Waals surface area contributed by atoms with Crippen LogP contribution >= 0.6 is 11.3 Å². The number of fused-ring (bicyclic) bond motifs is 1. The first kappa shape index (κ1) is 7.74. The smallest absolute Gasteiger partial charge is 0.137 e. The molecule has 2 aliphatic carbocycles. The number of carbonyl (C=O) groups is 1. The lowest BCUT2D eigenvalue weighted by molar-refractivity contribution is -0.118. The molecule has 0 amide bonds. The molecule has 1 heterocycles. The molecule has 0 atom stereocenters. The predicted octanol–water partition coefficient (Wildman–Crippen LogP) is 2.68. The van der Waals surface area contributed by atoms with Crippen LogP contribution in [0.2, 0.25) is 0 Å². The van der Waals surface area contributed by atoms with Crippen molar-refractivity contribution in [3.05, 3.63) is 21.4 Å². The number of hydrogen-bond acceptors (Lipinski definition) is 2. The van der Waals surface area contributed by atoms with E-state index in [-0.39, 0.29) is 0 Å². The summed E-state index contributed by atoms with van der Waals surface area (Å²) < 4.78 is 0. The normalized spacial score (nSPS) is 21.7. The topological polar surface area (TPSA) is 17.1 Å². The van der Waals surface area contributed by atoms with Crippen molar-refractivity contribution >= 4 is 17.1 Å². The van der Waals surface area contributed by atoms with E-state index >= 15 is 0 Å². The van der Waals surface area contributed by atoms with Gasteiger partial charge in [-0.3, -0.25) is 4.79 Å². The third kappa shape index (κ3) is 1.24. The van der Waals surface area contributed by atoms with Gasteiger partial charge in [0.1, 0.15) is 5.78 Å². The van der Waals surface area contributed by atoms with Crippen LogP contribution in [0, 0.1) is 0 Å². The lowest BCUT2D eigenvalue weighted by atomic mass is 9.93. The molecule has 0 spiro atoms. The van der Waals surface area contributed by atoms with Crippen LogP contribution in [-0.2, 0) is 17.6 Å². The molecule has 0 unspecified atom stereocenters. The van der Waals surface area contributed by atoms with Gasteiger partial charge in [-0.1, -0.05) is 0 Å². The van der Waals surface area contributed by atoms with Gasteiger partial charge in [0.05, 0.1) is 0 Å². The lowest BCUT2D eigenvalue weighted by Gasteiger charge is -2.11. The number of rotatable bonds is 1. The number of Topliss-reactive ketones (excluding diaryl/α,β-unsaturated/α-hetero) is 1. The second-order valence-corrected chi connectivity index (χ2v) is 5.05. The van der Waals surface area contributed by atoms with Crippen molar-refractivity contribution in [2.45, 2.75) is 38.0 Å². The number of hydrogen-bond donors (Lipinski definition) is 0. The summed E-state index contributed by atoms with van der Waals surface area (Å²) in [5, 5.41) is 2.29. The van der Waals surface area contributed by atoms with E-state index in [1.165, 1.54) is 28.8 Å². The number of ketones is 1. The van der Waals surface area contributed by atoms with Crippen LogP contribution in [-0.4, -0.2) is 5.78 Å². The van der Waals surface area contributed by atoms with Crippen LogP contribution < -0.4 is 0 Å². The summed E-state index contributed by atoms with van der Waals surface area (Å²) in [5.74, 6) is 1.25. The van der Waals surface area contributed by atoms with Crippen molar-refractivity contribution in [3.63, 3.8) is 0 Å². The van der Waals surface area contributed by atoms with Crippen LogP contribution in [0.3, 0.4) is 0 Å². The van der Waals surface area contributed by atoms with Crippen molar-refractivity contribution in [3.8, 4) is 0 Å². The Morgan fingerprint density at radius 3 is 2.92 bits per heavy atom. The Balaban J connectivity index is 2.03. The van der Waals surface area contributed by atoms with Crippen LogP contribution in [0.1, 0.15) is 41.2 Å². The van der Waals surface area contributed by atoms with E-state index in [1.54, 1.807) is 0 Å². The van der Waals surface area contributed by atoms with Crippen LogP contribution in [0.5, 0.6) is 0 Å². The fourth-order valence-electron chi connectivity index (χ4n) is 2.12. The van der Waals surface area contributed by atoms with E-state index in [0.29, 0.717) is 5.78 Å². The first-order valence-electron chi connectivity index (χ1n) is 4.95. The Morgan fingerprint density at radius 2 is 2.15 bits per heavy atom. The minimum Gasteiger partial charge on any atom is -0.299 e. The molecule has 1 nitrogen and oxygen atoms in total. The van der Waals surface area contributed by atoms with Gasteiger partial charge in [0.15, 0.2) is 0 Å². The molecule has 0 bridgehead atoms. The zero-order valence-corrected chi connectivity index (χ0v) is 8.32. The summed E-state index contributed by atoms with van der Waals surface area (Å²) >= 11 is 1.87. The Kier molecular flexibility index (Phi) is 1.59. The van der Waals surface area contributed by atoms with E-state index in [1.807, 2.05) is 11.3 Å². The highest BCUT2D eigenvalue weighted by atomic mass is 32.1. The molecule has 13 heavy (non-hydrogen) atoms. The second kappa shape index (κ2) is 2.68. The van der Waals surface area contributed by atoms with Gasteiger partial charge >= 0.3 is 0 Å². The summed E-state index contributed by atoms with van der Waals surface area (Å²) in [6, 6.07) is 0. The van der Waals surface area contributed by atoms with Gasteiger partial charge in [-0.2, -0.15) is 0 Å². The molecule has 1 fully saturated rings. The fourth-order valence-corrected chi connectivity index (χ4v) is 3.28. The summed E-state index contributed by atoms with van der Waals surface area (Å²) in [4.78, 5) is 12.8. The largest absolute Gasteiger partial charge is 0.299 e. The number of aryl methyl sites for hydroxylation is 1. The van der Waals surface area contributed by atoms with Gasteiger partial charge < -0.3 is 0 Å². The molecule has 68 valence electrons. The van der Waals surface area contributed by atoms with Crippen molar-refractivity contribution in [1.82, 2.24) is 0 Å². The van der Waals surface area contributed by atoms with E-state index in [9.17, 15) is 4.79 Å². The van der Waals surface area contributed by atoms with Gasteiger partial charge in [-0.25, -0.2) is 0 Å². The Hall–Kier alpha value is -0.630. The average molecular weight is 192 g/mol. The third-order valence-corrected chi connectivity index (χ3v) is 4.14.